The Bertz CT molecular complexity index is 379. The lowest BCUT2D eigenvalue weighted by atomic mass is 10.1. The summed E-state index contributed by atoms with van der Waals surface area (Å²) in [6.45, 7) is 0. The molecule has 0 atom stereocenters. The maximum atomic E-state index is 9.10. The van der Waals surface area contributed by atoms with Crippen LogP contribution in [0, 0.1) is 12.1 Å². The highest BCUT2D eigenvalue weighted by Crippen LogP contribution is 2.17. The minimum atomic E-state index is 0.272. The average Bonchev–Trinajstić information content (AvgIpc) is 2.04. The van der Waals surface area contributed by atoms with Crippen LogP contribution in [-0.2, 0) is 0 Å². The van der Waals surface area contributed by atoms with E-state index >= 15 is 0 Å². The highest BCUT2D eigenvalue weighted by Gasteiger charge is 1.92. The number of fused-ring (bicyclic) bond motifs is 1. The zero-order chi connectivity index (χ0) is 7.68. The summed E-state index contributed by atoms with van der Waals surface area (Å²) in [6.07, 6.45) is 0. The van der Waals surface area contributed by atoms with E-state index in [1.54, 1.807) is 24.3 Å². The van der Waals surface area contributed by atoms with E-state index in [2.05, 4.69) is 12.1 Å². The van der Waals surface area contributed by atoms with Gasteiger partial charge in [-0.3, -0.25) is 0 Å². The van der Waals surface area contributed by atoms with Crippen LogP contribution in [0.3, 0.4) is 0 Å². The first-order valence-electron chi connectivity index (χ1n) is 3.37. The lowest BCUT2D eigenvalue weighted by Gasteiger charge is -1.95. The van der Waals surface area contributed by atoms with Crippen LogP contribution in [0.5, 0.6) is 5.75 Å². The molecular formula is C10H6O. The molecular weight excluding hydrogens is 136 g/mol. The second-order valence-electron chi connectivity index (χ2n) is 2.35. The van der Waals surface area contributed by atoms with Gasteiger partial charge in [0.2, 0.25) is 0 Å². The van der Waals surface area contributed by atoms with Gasteiger partial charge in [0.1, 0.15) is 5.75 Å². The lowest BCUT2D eigenvalue weighted by Crippen LogP contribution is -1.70. The fourth-order valence-corrected chi connectivity index (χ4v) is 1.04. The number of hydrogen-bond donors (Lipinski definition) is 1. The van der Waals surface area contributed by atoms with Crippen molar-refractivity contribution in [3.63, 3.8) is 0 Å². The first-order chi connectivity index (χ1) is 5.36. The number of hydrogen-bond acceptors (Lipinski definition) is 1. The van der Waals surface area contributed by atoms with Crippen molar-refractivity contribution < 1.29 is 5.11 Å². The average molecular weight is 142 g/mol. The minimum absolute atomic E-state index is 0.272. The van der Waals surface area contributed by atoms with Crippen LogP contribution in [-0.4, -0.2) is 5.11 Å². The molecule has 2 aromatic rings. The van der Waals surface area contributed by atoms with Gasteiger partial charge in [0.25, 0.3) is 0 Å². The molecule has 0 unspecified atom stereocenters. The van der Waals surface area contributed by atoms with Gasteiger partial charge in [-0.1, -0.05) is 18.2 Å². The molecule has 0 aliphatic rings. The van der Waals surface area contributed by atoms with Crippen LogP contribution in [0.2, 0.25) is 0 Å². The number of phenols is 1. The second kappa shape index (κ2) is 2.27. The summed E-state index contributed by atoms with van der Waals surface area (Å²) >= 11 is 0. The van der Waals surface area contributed by atoms with E-state index < -0.39 is 0 Å². The van der Waals surface area contributed by atoms with Gasteiger partial charge in [-0.2, -0.15) is 0 Å². The molecule has 0 saturated heterocycles. The molecule has 2 aromatic carbocycles. The van der Waals surface area contributed by atoms with Crippen molar-refractivity contribution in [3.05, 3.63) is 42.5 Å². The van der Waals surface area contributed by atoms with Gasteiger partial charge >= 0.3 is 0 Å². The Morgan fingerprint density at radius 3 is 2.55 bits per heavy atom. The minimum Gasteiger partial charge on any atom is -0.508 e. The Labute approximate surface area is 64.9 Å². The summed E-state index contributed by atoms with van der Waals surface area (Å²) < 4.78 is 0. The third kappa shape index (κ3) is 1.05. The first-order valence-corrected chi connectivity index (χ1v) is 3.37. The van der Waals surface area contributed by atoms with Gasteiger partial charge in [0, 0.05) is 0 Å². The molecule has 0 saturated carbocycles. The number of phenolic OH excluding ortho intramolecular Hbond substituents is 1. The van der Waals surface area contributed by atoms with E-state index in [9.17, 15) is 0 Å². The molecule has 0 fully saturated rings. The zero-order valence-corrected chi connectivity index (χ0v) is 5.83. The maximum absolute atomic E-state index is 9.10. The van der Waals surface area contributed by atoms with Crippen molar-refractivity contribution in [2.24, 2.45) is 0 Å². The first kappa shape index (κ1) is 6.23. The van der Waals surface area contributed by atoms with Crippen LogP contribution in [0.25, 0.3) is 10.8 Å². The van der Waals surface area contributed by atoms with Crippen molar-refractivity contribution in [1.82, 2.24) is 0 Å². The Kier molecular flexibility index (Phi) is 1.29. The molecule has 1 nitrogen and oxygen atoms in total. The summed E-state index contributed by atoms with van der Waals surface area (Å²) in [6, 6.07) is 14.8. The Morgan fingerprint density at radius 2 is 1.73 bits per heavy atom. The number of benzene rings is 2. The van der Waals surface area contributed by atoms with Crippen LogP contribution in [0.1, 0.15) is 0 Å². The highest BCUT2D eigenvalue weighted by molar-refractivity contribution is 5.82. The van der Waals surface area contributed by atoms with Gasteiger partial charge in [-0.05, 0) is 35.0 Å². The van der Waals surface area contributed by atoms with Gasteiger partial charge in [0.05, 0.1) is 0 Å². The van der Waals surface area contributed by atoms with Crippen molar-refractivity contribution in [1.29, 1.82) is 0 Å². The highest BCUT2D eigenvalue weighted by atomic mass is 16.3. The summed E-state index contributed by atoms with van der Waals surface area (Å²) in [7, 11) is 0. The second-order valence-corrected chi connectivity index (χ2v) is 2.35. The van der Waals surface area contributed by atoms with Crippen molar-refractivity contribution >= 4 is 10.8 Å². The van der Waals surface area contributed by atoms with E-state index in [1.807, 2.05) is 6.07 Å². The SMILES string of the molecule is Oc1ccc2[c]cc[c]c2c1. The van der Waals surface area contributed by atoms with Crippen molar-refractivity contribution in [2.75, 3.05) is 0 Å². The van der Waals surface area contributed by atoms with E-state index in [1.165, 1.54) is 0 Å². The van der Waals surface area contributed by atoms with Gasteiger partial charge in [-0.15, -0.1) is 0 Å². The van der Waals surface area contributed by atoms with Gasteiger partial charge in [0.15, 0.2) is 0 Å². The number of aromatic hydroxyl groups is 1. The number of rotatable bonds is 0. The monoisotopic (exact) mass is 142 g/mol. The Balaban J connectivity index is 2.83. The van der Waals surface area contributed by atoms with Crippen LogP contribution >= 0.6 is 0 Å². The lowest BCUT2D eigenvalue weighted by molar-refractivity contribution is 0.476. The molecule has 0 aliphatic heterocycles. The van der Waals surface area contributed by atoms with Gasteiger partial charge < -0.3 is 5.11 Å². The molecule has 11 heavy (non-hydrogen) atoms. The third-order valence-corrected chi connectivity index (χ3v) is 1.56. The fraction of sp³-hybridized carbons (Fsp3) is 0. The predicted octanol–water partition coefficient (Wildman–Crippen LogP) is 2.15. The molecule has 0 bridgehead atoms. The standard InChI is InChI=1S/C10H6O/c11-10-6-5-8-3-1-2-4-9(8)7-10/h1-2,5-7,11H. The van der Waals surface area contributed by atoms with E-state index in [0.29, 0.717) is 0 Å². The third-order valence-electron chi connectivity index (χ3n) is 1.56. The van der Waals surface area contributed by atoms with Crippen molar-refractivity contribution in [2.45, 2.75) is 0 Å². The molecule has 0 aliphatic carbocycles. The van der Waals surface area contributed by atoms with Gasteiger partial charge in [-0.25, -0.2) is 0 Å². The van der Waals surface area contributed by atoms with E-state index in [-0.39, 0.29) is 5.75 Å². The smallest absolute Gasteiger partial charge is 0.116 e. The molecule has 2 radical (unpaired) electrons. The summed E-state index contributed by atoms with van der Waals surface area (Å²) in [5.74, 6) is 0.272. The summed E-state index contributed by atoms with van der Waals surface area (Å²) in [5, 5.41) is 11.0. The van der Waals surface area contributed by atoms with Crippen LogP contribution < -0.4 is 0 Å². The topological polar surface area (TPSA) is 20.2 Å². The zero-order valence-electron chi connectivity index (χ0n) is 5.83. The fourth-order valence-electron chi connectivity index (χ4n) is 1.04. The summed E-state index contributed by atoms with van der Waals surface area (Å²) in [4.78, 5) is 0. The molecule has 0 amide bonds. The molecule has 52 valence electrons. The van der Waals surface area contributed by atoms with E-state index in [0.717, 1.165) is 10.8 Å². The largest absolute Gasteiger partial charge is 0.508 e. The Morgan fingerprint density at radius 1 is 1.00 bits per heavy atom. The maximum Gasteiger partial charge on any atom is 0.116 e. The van der Waals surface area contributed by atoms with Crippen LogP contribution in [0.15, 0.2) is 30.3 Å². The normalized spacial score (nSPS) is 10.2. The Hall–Kier alpha value is -1.50. The molecule has 1 heteroatoms. The molecule has 0 spiro atoms. The molecule has 1 N–H and O–H groups in total. The molecule has 2 rings (SSSR count). The van der Waals surface area contributed by atoms with Crippen molar-refractivity contribution in [3.8, 4) is 5.75 Å². The quantitative estimate of drug-likeness (QED) is 0.597. The summed E-state index contributed by atoms with van der Waals surface area (Å²) in [5.41, 5.74) is 0. The van der Waals surface area contributed by atoms with Crippen LogP contribution in [0.4, 0.5) is 0 Å². The predicted molar refractivity (Wildman–Crippen MR) is 43.3 cm³/mol. The molecule has 0 aromatic heterocycles. The molecule has 0 heterocycles. The van der Waals surface area contributed by atoms with E-state index in [4.69, 9.17) is 5.11 Å².